The molecule has 0 amide bonds. The lowest BCUT2D eigenvalue weighted by molar-refractivity contribution is 0.322. The molecule has 0 saturated carbocycles. The summed E-state index contributed by atoms with van der Waals surface area (Å²) in [6.07, 6.45) is 0. The van der Waals surface area contributed by atoms with Crippen molar-refractivity contribution in [2.45, 2.75) is 13.5 Å². The Labute approximate surface area is 143 Å². The van der Waals surface area contributed by atoms with E-state index in [4.69, 9.17) is 9.47 Å². The molecular weight excluding hydrogens is 302 g/mol. The molecule has 0 aliphatic rings. The van der Waals surface area contributed by atoms with Crippen molar-refractivity contribution in [2.75, 3.05) is 27.3 Å². The van der Waals surface area contributed by atoms with Crippen molar-refractivity contribution >= 4 is 5.96 Å². The average molecular weight is 327 g/mol. The predicted octanol–water partition coefficient (Wildman–Crippen LogP) is 2.75. The Morgan fingerprint density at radius 1 is 1.08 bits per heavy atom. The fourth-order valence-corrected chi connectivity index (χ4v) is 2.25. The first-order chi connectivity index (χ1) is 11.7. The lowest BCUT2D eigenvalue weighted by Crippen LogP contribution is -2.38. The van der Waals surface area contributed by atoms with Crippen molar-refractivity contribution in [3.63, 3.8) is 0 Å². The van der Waals surface area contributed by atoms with E-state index in [9.17, 15) is 0 Å². The molecule has 2 rings (SSSR count). The van der Waals surface area contributed by atoms with Crippen molar-refractivity contribution in [2.24, 2.45) is 4.99 Å². The summed E-state index contributed by atoms with van der Waals surface area (Å²) in [7, 11) is 3.44. The van der Waals surface area contributed by atoms with Gasteiger partial charge in [0.1, 0.15) is 18.1 Å². The number of methoxy groups -OCH3 is 1. The van der Waals surface area contributed by atoms with Crippen LogP contribution in [0.15, 0.2) is 53.5 Å². The first kappa shape index (κ1) is 17.7. The van der Waals surface area contributed by atoms with Gasteiger partial charge in [-0.1, -0.05) is 30.3 Å². The minimum Gasteiger partial charge on any atom is -0.496 e. The molecular formula is C19H25N3O2. The molecule has 0 heterocycles. The van der Waals surface area contributed by atoms with Gasteiger partial charge in [0.05, 0.1) is 13.7 Å². The maximum absolute atomic E-state index is 5.65. The smallest absolute Gasteiger partial charge is 0.191 e. The second-order valence-electron chi connectivity index (χ2n) is 5.33. The Morgan fingerprint density at radius 2 is 1.88 bits per heavy atom. The summed E-state index contributed by atoms with van der Waals surface area (Å²) >= 11 is 0. The number of aryl methyl sites for hydroxylation is 1. The summed E-state index contributed by atoms with van der Waals surface area (Å²) in [6, 6.07) is 15.9. The number of ether oxygens (including phenoxy) is 2. The molecule has 0 aliphatic heterocycles. The van der Waals surface area contributed by atoms with E-state index in [0.29, 0.717) is 19.7 Å². The third-order valence-electron chi connectivity index (χ3n) is 3.52. The number of nitrogens with one attached hydrogen (secondary N) is 2. The van der Waals surface area contributed by atoms with E-state index in [-0.39, 0.29) is 0 Å². The first-order valence-electron chi connectivity index (χ1n) is 7.99. The number of aliphatic imine (C=N–C) groups is 1. The Morgan fingerprint density at radius 3 is 2.58 bits per heavy atom. The zero-order valence-corrected chi connectivity index (χ0v) is 14.5. The highest BCUT2D eigenvalue weighted by Crippen LogP contribution is 2.19. The monoisotopic (exact) mass is 327 g/mol. The normalized spacial score (nSPS) is 11.0. The van der Waals surface area contributed by atoms with E-state index >= 15 is 0 Å². The molecule has 5 nitrogen and oxygen atoms in total. The zero-order chi connectivity index (χ0) is 17.2. The van der Waals surface area contributed by atoms with E-state index in [1.807, 2.05) is 43.3 Å². The SMILES string of the molecule is CN=C(NCCOc1ccccc1)NCc1ccc(C)cc1OC. The molecule has 0 bridgehead atoms. The summed E-state index contributed by atoms with van der Waals surface area (Å²) in [4.78, 5) is 4.22. The first-order valence-corrected chi connectivity index (χ1v) is 7.99. The van der Waals surface area contributed by atoms with Crippen LogP contribution in [0.1, 0.15) is 11.1 Å². The van der Waals surface area contributed by atoms with Crippen LogP contribution >= 0.6 is 0 Å². The van der Waals surface area contributed by atoms with Gasteiger partial charge in [-0.15, -0.1) is 0 Å². The maximum Gasteiger partial charge on any atom is 0.191 e. The van der Waals surface area contributed by atoms with E-state index in [1.54, 1.807) is 14.2 Å². The number of rotatable bonds is 7. The predicted molar refractivity (Wildman–Crippen MR) is 97.9 cm³/mol. The number of hydrogen-bond donors (Lipinski definition) is 2. The Bertz CT molecular complexity index is 657. The van der Waals surface area contributed by atoms with Gasteiger partial charge >= 0.3 is 0 Å². The highest BCUT2D eigenvalue weighted by Gasteiger charge is 2.04. The van der Waals surface area contributed by atoms with Crippen molar-refractivity contribution < 1.29 is 9.47 Å². The molecule has 5 heteroatoms. The maximum atomic E-state index is 5.65. The van der Waals surface area contributed by atoms with Crippen LogP contribution in [0.2, 0.25) is 0 Å². The fraction of sp³-hybridized carbons (Fsp3) is 0.316. The van der Waals surface area contributed by atoms with E-state index in [1.165, 1.54) is 5.56 Å². The quantitative estimate of drug-likeness (QED) is 0.466. The van der Waals surface area contributed by atoms with Crippen LogP contribution in [0.3, 0.4) is 0 Å². The summed E-state index contributed by atoms with van der Waals surface area (Å²) in [5.74, 6) is 2.48. The van der Waals surface area contributed by atoms with Gasteiger partial charge in [0.2, 0.25) is 0 Å². The van der Waals surface area contributed by atoms with Crippen molar-refractivity contribution in [3.05, 3.63) is 59.7 Å². The Balaban J connectivity index is 1.76. The minimum absolute atomic E-state index is 0.568. The van der Waals surface area contributed by atoms with Crippen molar-refractivity contribution in [1.82, 2.24) is 10.6 Å². The molecule has 128 valence electrons. The number of hydrogen-bond acceptors (Lipinski definition) is 3. The Hall–Kier alpha value is -2.69. The van der Waals surface area contributed by atoms with E-state index in [0.717, 1.165) is 23.0 Å². The molecule has 2 aromatic carbocycles. The number of para-hydroxylation sites is 1. The van der Waals surface area contributed by atoms with Gasteiger partial charge in [-0.3, -0.25) is 4.99 Å². The molecule has 0 spiro atoms. The molecule has 0 saturated heterocycles. The van der Waals surface area contributed by atoms with Gasteiger partial charge in [-0.2, -0.15) is 0 Å². The number of guanidine groups is 1. The number of nitrogens with zero attached hydrogens (tertiary/aromatic N) is 1. The second-order valence-corrected chi connectivity index (χ2v) is 5.33. The highest BCUT2D eigenvalue weighted by atomic mass is 16.5. The lowest BCUT2D eigenvalue weighted by atomic mass is 10.1. The molecule has 0 atom stereocenters. The molecule has 0 aromatic heterocycles. The van der Waals surface area contributed by atoms with Crippen molar-refractivity contribution in [3.8, 4) is 11.5 Å². The van der Waals surface area contributed by atoms with Crippen LogP contribution in [-0.4, -0.2) is 33.3 Å². The molecule has 2 N–H and O–H groups in total. The second kappa shape index (κ2) is 9.45. The topological polar surface area (TPSA) is 54.9 Å². The van der Waals surface area contributed by atoms with Crippen LogP contribution in [0.25, 0.3) is 0 Å². The largest absolute Gasteiger partial charge is 0.496 e. The average Bonchev–Trinajstić information content (AvgIpc) is 2.62. The minimum atomic E-state index is 0.568. The highest BCUT2D eigenvalue weighted by molar-refractivity contribution is 5.79. The molecule has 0 fully saturated rings. The van der Waals surface area contributed by atoms with Gasteiger partial charge in [-0.25, -0.2) is 0 Å². The van der Waals surface area contributed by atoms with Crippen LogP contribution in [0.4, 0.5) is 0 Å². The van der Waals surface area contributed by atoms with E-state index < -0.39 is 0 Å². The lowest BCUT2D eigenvalue weighted by Gasteiger charge is -2.14. The van der Waals surface area contributed by atoms with Gasteiger partial charge < -0.3 is 20.1 Å². The Kier molecular flexibility index (Phi) is 6.95. The summed E-state index contributed by atoms with van der Waals surface area (Å²) in [6.45, 7) is 3.92. The van der Waals surface area contributed by atoms with Crippen LogP contribution < -0.4 is 20.1 Å². The van der Waals surface area contributed by atoms with E-state index in [2.05, 4.69) is 27.8 Å². The fourth-order valence-electron chi connectivity index (χ4n) is 2.25. The third-order valence-corrected chi connectivity index (χ3v) is 3.52. The van der Waals surface area contributed by atoms with Gasteiger partial charge in [0.15, 0.2) is 5.96 Å². The van der Waals surface area contributed by atoms with Gasteiger partial charge in [0.25, 0.3) is 0 Å². The van der Waals surface area contributed by atoms with Crippen LogP contribution in [0, 0.1) is 6.92 Å². The van der Waals surface area contributed by atoms with Crippen LogP contribution in [0.5, 0.6) is 11.5 Å². The third kappa shape index (κ3) is 5.50. The molecule has 0 aliphatic carbocycles. The molecule has 2 aromatic rings. The van der Waals surface area contributed by atoms with Crippen molar-refractivity contribution in [1.29, 1.82) is 0 Å². The zero-order valence-electron chi connectivity index (χ0n) is 14.5. The van der Waals surface area contributed by atoms with Gasteiger partial charge in [-0.05, 0) is 30.7 Å². The summed E-state index contributed by atoms with van der Waals surface area (Å²) in [5.41, 5.74) is 2.27. The molecule has 0 radical (unpaired) electrons. The number of benzene rings is 2. The standard InChI is InChI=1S/C19H25N3O2/c1-15-9-10-16(18(13-15)23-3)14-22-19(20-2)21-11-12-24-17-7-5-4-6-8-17/h4-10,13H,11-12,14H2,1-3H3,(H2,20,21,22). The van der Waals surface area contributed by atoms with Crippen LogP contribution in [-0.2, 0) is 6.54 Å². The molecule has 24 heavy (non-hydrogen) atoms. The van der Waals surface area contributed by atoms with Gasteiger partial charge in [0, 0.05) is 19.2 Å². The summed E-state index contributed by atoms with van der Waals surface area (Å²) < 4.78 is 11.1. The summed E-state index contributed by atoms with van der Waals surface area (Å²) in [5, 5.41) is 6.51. The molecule has 0 unspecified atom stereocenters.